The Bertz CT molecular complexity index is 629. The van der Waals surface area contributed by atoms with Crippen LogP contribution in [0.1, 0.15) is 22.3 Å². The maximum Gasteiger partial charge on any atom is 0.265 e. The van der Waals surface area contributed by atoms with Gasteiger partial charge in [-0.05, 0) is 13.8 Å². The van der Waals surface area contributed by atoms with Crippen LogP contribution in [0.5, 0.6) is 0 Å². The molecule has 0 fully saturated rings. The number of nitrogen functional groups attached to an aromatic ring is 1. The van der Waals surface area contributed by atoms with Crippen molar-refractivity contribution in [3.05, 3.63) is 10.6 Å². The Labute approximate surface area is 115 Å². The van der Waals surface area contributed by atoms with E-state index >= 15 is 0 Å². The molecule has 2 aromatic rings. The first kappa shape index (κ1) is 13.8. The smallest absolute Gasteiger partial charge is 0.265 e. The van der Waals surface area contributed by atoms with Gasteiger partial charge in [-0.3, -0.25) is 9.48 Å². The van der Waals surface area contributed by atoms with Gasteiger partial charge in [0.15, 0.2) is 0 Å². The van der Waals surface area contributed by atoms with E-state index in [1.54, 1.807) is 18.7 Å². The summed E-state index contributed by atoms with van der Waals surface area (Å²) >= 11 is 1.34. The lowest BCUT2D eigenvalue weighted by Gasteiger charge is -2.18. The number of fused-ring (bicyclic) bond motifs is 1. The van der Waals surface area contributed by atoms with Gasteiger partial charge in [-0.1, -0.05) is 0 Å². The van der Waals surface area contributed by atoms with Gasteiger partial charge in [0.25, 0.3) is 5.91 Å². The summed E-state index contributed by atoms with van der Waals surface area (Å²) in [5, 5.41) is 14.5. The monoisotopic (exact) mass is 282 g/mol. The highest BCUT2D eigenvalue weighted by Gasteiger charge is 2.23. The van der Waals surface area contributed by atoms with Crippen LogP contribution in [-0.2, 0) is 7.05 Å². The van der Waals surface area contributed by atoms with E-state index in [4.69, 9.17) is 5.73 Å². The van der Waals surface area contributed by atoms with Crippen molar-refractivity contribution in [1.82, 2.24) is 14.7 Å². The van der Waals surface area contributed by atoms with Crippen LogP contribution in [0.3, 0.4) is 0 Å². The Morgan fingerprint density at radius 2 is 2.26 bits per heavy atom. The van der Waals surface area contributed by atoms with E-state index in [-0.39, 0.29) is 12.5 Å². The van der Waals surface area contributed by atoms with Crippen LogP contribution < -0.4 is 5.73 Å². The second-order valence-electron chi connectivity index (χ2n) is 4.77. The number of aliphatic hydroxyl groups is 1. The van der Waals surface area contributed by atoms with Crippen molar-refractivity contribution in [1.29, 1.82) is 0 Å². The molecule has 0 aliphatic heterocycles. The lowest BCUT2D eigenvalue weighted by atomic mass is 10.2. The highest BCUT2D eigenvalue weighted by Crippen LogP contribution is 2.35. The summed E-state index contributed by atoms with van der Waals surface area (Å²) in [6, 6.07) is 0. The standard InChI is InChI=1S/C12H18N4O2S/c1-6(17)5-15(3)11(18)10-9(13)8-7(2)14-16(4)12(8)19-10/h6,17H,5,13H2,1-4H3. The van der Waals surface area contributed by atoms with Crippen molar-refractivity contribution in [3.63, 3.8) is 0 Å². The first-order valence-electron chi connectivity index (χ1n) is 5.98. The predicted molar refractivity (Wildman–Crippen MR) is 76.4 cm³/mol. The number of nitrogens with two attached hydrogens (primary N) is 1. The highest BCUT2D eigenvalue weighted by atomic mass is 32.1. The van der Waals surface area contributed by atoms with Crippen molar-refractivity contribution in [3.8, 4) is 0 Å². The van der Waals surface area contributed by atoms with Gasteiger partial charge in [-0.15, -0.1) is 11.3 Å². The summed E-state index contributed by atoms with van der Waals surface area (Å²) in [7, 11) is 3.49. The van der Waals surface area contributed by atoms with Crippen molar-refractivity contribution < 1.29 is 9.90 Å². The summed E-state index contributed by atoms with van der Waals surface area (Å²) in [6.07, 6.45) is -0.562. The van der Waals surface area contributed by atoms with Crippen LogP contribution in [-0.4, -0.2) is 45.4 Å². The van der Waals surface area contributed by atoms with Crippen molar-refractivity contribution in [2.45, 2.75) is 20.0 Å². The van der Waals surface area contributed by atoms with Crippen molar-refractivity contribution in [2.75, 3.05) is 19.3 Å². The van der Waals surface area contributed by atoms with Crippen molar-refractivity contribution >= 4 is 33.1 Å². The van der Waals surface area contributed by atoms with Gasteiger partial charge in [-0.25, -0.2) is 0 Å². The zero-order chi connectivity index (χ0) is 14.3. The first-order valence-corrected chi connectivity index (χ1v) is 6.79. The molecule has 19 heavy (non-hydrogen) atoms. The number of likely N-dealkylation sites (N-methyl/N-ethyl adjacent to an activating group) is 1. The third-order valence-electron chi connectivity index (χ3n) is 2.96. The number of anilines is 1. The average molecular weight is 282 g/mol. The topological polar surface area (TPSA) is 84.4 Å². The molecule has 0 radical (unpaired) electrons. The zero-order valence-electron chi connectivity index (χ0n) is 11.5. The molecule has 2 aromatic heterocycles. The molecule has 0 spiro atoms. The number of thiophene rings is 1. The molecule has 1 unspecified atom stereocenters. The molecule has 2 heterocycles. The summed E-state index contributed by atoms with van der Waals surface area (Å²) in [5.74, 6) is -0.168. The summed E-state index contributed by atoms with van der Waals surface area (Å²) in [4.78, 5) is 15.2. The number of carbonyl (C=O) groups is 1. The van der Waals surface area contributed by atoms with Gasteiger partial charge < -0.3 is 15.7 Å². The molecule has 0 aliphatic rings. The molecule has 0 aliphatic carbocycles. The summed E-state index contributed by atoms with van der Waals surface area (Å²) in [6.45, 7) is 3.80. The van der Waals surface area contributed by atoms with Crippen LogP contribution in [0.2, 0.25) is 0 Å². The maximum absolute atomic E-state index is 12.3. The molecular weight excluding hydrogens is 264 g/mol. The van der Waals surface area contributed by atoms with Gasteiger partial charge in [0.05, 0.1) is 22.9 Å². The van der Waals surface area contributed by atoms with Crippen LogP contribution in [0.15, 0.2) is 0 Å². The van der Waals surface area contributed by atoms with E-state index in [1.807, 2.05) is 14.0 Å². The minimum absolute atomic E-state index is 0.168. The van der Waals surface area contributed by atoms with Crippen LogP contribution in [0.4, 0.5) is 5.69 Å². The maximum atomic E-state index is 12.3. The predicted octanol–water partition coefficient (Wildman–Crippen LogP) is 0.978. The Morgan fingerprint density at radius 3 is 2.79 bits per heavy atom. The fraction of sp³-hybridized carbons (Fsp3) is 0.500. The van der Waals surface area contributed by atoms with E-state index in [9.17, 15) is 9.90 Å². The number of nitrogens with zero attached hydrogens (tertiary/aromatic N) is 3. The zero-order valence-corrected chi connectivity index (χ0v) is 12.3. The highest BCUT2D eigenvalue weighted by molar-refractivity contribution is 7.21. The molecule has 3 N–H and O–H groups in total. The van der Waals surface area contributed by atoms with Crippen LogP contribution in [0.25, 0.3) is 10.2 Å². The average Bonchev–Trinajstić information content (AvgIpc) is 2.77. The first-order chi connectivity index (χ1) is 8.82. The van der Waals surface area contributed by atoms with E-state index in [0.29, 0.717) is 10.6 Å². The molecule has 0 saturated heterocycles. The Hall–Kier alpha value is -1.60. The molecule has 0 saturated carbocycles. The lowest BCUT2D eigenvalue weighted by molar-refractivity contribution is 0.0709. The number of hydrogen-bond donors (Lipinski definition) is 2. The second-order valence-corrected chi connectivity index (χ2v) is 5.77. The third-order valence-corrected chi connectivity index (χ3v) is 4.22. The van der Waals surface area contributed by atoms with E-state index in [1.165, 1.54) is 16.2 Å². The second kappa shape index (κ2) is 4.82. The van der Waals surface area contributed by atoms with E-state index in [0.717, 1.165) is 15.9 Å². The molecule has 1 atom stereocenters. The number of aryl methyl sites for hydroxylation is 2. The third kappa shape index (κ3) is 2.31. The van der Waals surface area contributed by atoms with E-state index in [2.05, 4.69) is 5.10 Å². The van der Waals surface area contributed by atoms with Crippen molar-refractivity contribution in [2.24, 2.45) is 7.05 Å². The molecule has 1 amide bonds. The molecule has 6 nitrogen and oxygen atoms in total. The number of aliphatic hydroxyl groups excluding tert-OH is 1. The Morgan fingerprint density at radius 1 is 1.63 bits per heavy atom. The summed E-state index contributed by atoms with van der Waals surface area (Å²) < 4.78 is 1.73. The molecule has 7 heteroatoms. The lowest BCUT2D eigenvalue weighted by Crippen LogP contribution is -2.32. The number of rotatable bonds is 3. The molecule has 0 aromatic carbocycles. The van der Waals surface area contributed by atoms with Gasteiger partial charge >= 0.3 is 0 Å². The van der Waals surface area contributed by atoms with E-state index < -0.39 is 6.10 Å². The number of carbonyl (C=O) groups excluding carboxylic acids is 1. The quantitative estimate of drug-likeness (QED) is 0.879. The molecule has 0 bridgehead atoms. The minimum Gasteiger partial charge on any atom is -0.397 e. The number of amides is 1. The Kier molecular flexibility index (Phi) is 3.51. The van der Waals surface area contributed by atoms with Crippen LogP contribution >= 0.6 is 11.3 Å². The summed E-state index contributed by atoms with van der Waals surface area (Å²) in [5.41, 5.74) is 7.37. The SMILES string of the molecule is Cc1nn(C)c2sc(C(=O)N(C)CC(C)O)c(N)c12. The number of aromatic nitrogens is 2. The van der Waals surface area contributed by atoms with Crippen LogP contribution in [0, 0.1) is 6.92 Å². The molecular formula is C12H18N4O2S. The number of hydrogen-bond acceptors (Lipinski definition) is 5. The van der Waals surface area contributed by atoms with Gasteiger partial charge in [-0.2, -0.15) is 5.10 Å². The van der Waals surface area contributed by atoms with Gasteiger partial charge in [0.1, 0.15) is 9.71 Å². The minimum atomic E-state index is -0.562. The fourth-order valence-corrected chi connectivity index (χ4v) is 3.32. The molecule has 104 valence electrons. The molecule has 2 rings (SSSR count). The Balaban J connectivity index is 2.43. The largest absolute Gasteiger partial charge is 0.397 e. The fourth-order valence-electron chi connectivity index (χ4n) is 2.14. The van der Waals surface area contributed by atoms with Gasteiger partial charge in [0, 0.05) is 20.6 Å². The normalized spacial score (nSPS) is 12.9. The van der Waals surface area contributed by atoms with Gasteiger partial charge in [0.2, 0.25) is 0 Å².